The highest BCUT2D eigenvalue weighted by molar-refractivity contribution is 7.89. The van der Waals surface area contributed by atoms with Crippen molar-refractivity contribution in [2.24, 2.45) is 0 Å². The zero-order valence-electron chi connectivity index (χ0n) is 15.8. The van der Waals surface area contributed by atoms with Crippen molar-refractivity contribution in [1.29, 1.82) is 0 Å². The van der Waals surface area contributed by atoms with Gasteiger partial charge in [0.1, 0.15) is 5.82 Å². The van der Waals surface area contributed by atoms with E-state index in [0.717, 1.165) is 5.56 Å². The monoisotopic (exact) mass is 418 g/mol. The molecule has 29 heavy (non-hydrogen) atoms. The van der Waals surface area contributed by atoms with E-state index in [1.165, 1.54) is 40.7 Å². The maximum absolute atomic E-state index is 13.1. The highest BCUT2D eigenvalue weighted by Crippen LogP contribution is 2.21. The SMILES string of the molecule is O=C(C=Cc1cccc(F)c1)NCc1ccc(S(=O)(=O)N2CCC(O)CC2)cc1. The standard InChI is InChI=1S/C21H23FN2O4S/c22-18-3-1-2-16(14-18)6-9-21(26)23-15-17-4-7-20(8-5-17)29(27,28)24-12-10-19(25)11-13-24/h1-9,14,19,25H,10-13,15H2,(H,23,26). The van der Waals surface area contributed by atoms with Gasteiger partial charge in [-0.25, -0.2) is 12.8 Å². The Labute approximate surface area is 169 Å². The number of rotatable bonds is 6. The number of hydrogen-bond acceptors (Lipinski definition) is 4. The molecule has 0 unspecified atom stereocenters. The van der Waals surface area contributed by atoms with Crippen LogP contribution in [0.4, 0.5) is 4.39 Å². The first-order chi connectivity index (χ1) is 13.8. The Bertz CT molecular complexity index is 982. The van der Waals surface area contributed by atoms with Gasteiger partial charge in [0, 0.05) is 25.7 Å². The van der Waals surface area contributed by atoms with Crippen LogP contribution in [0, 0.1) is 5.82 Å². The second kappa shape index (κ2) is 9.30. The minimum atomic E-state index is -3.58. The summed E-state index contributed by atoms with van der Waals surface area (Å²) < 4.78 is 39.8. The van der Waals surface area contributed by atoms with Gasteiger partial charge < -0.3 is 10.4 Å². The minimum Gasteiger partial charge on any atom is -0.393 e. The molecule has 0 saturated carbocycles. The number of nitrogens with one attached hydrogen (secondary N) is 1. The number of benzene rings is 2. The summed E-state index contributed by atoms with van der Waals surface area (Å²) in [5.74, 6) is -0.707. The van der Waals surface area contributed by atoms with E-state index in [9.17, 15) is 22.7 Å². The first-order valence-electron chi connectivity index (χ1n) is 9.33. The number of amides is 1. The first kappa shape index (κ1) is 21.2. The van der Waals surface area contributed by atoms with E-state index >= 15 is 0 Å². The number of halogens is 1. The van der Waals surface area contributed by atoms with Crippen LogP contribution in [0.2, 0.25) is 0 Å². The predicted molar refractivity (Wildman–Crippen MR) is 108 cm³/mol. The summed E-state index contributed by atoms with van der Waals surface area (Å²) in [5.41, 5.74) is 1.34. The average Bonchev–Trinajstić information content (AvgIpc) is 2.71. The smallest absolute Gasteiger partial charge is 0.244 e. The Balaban J connectivity index is 1.55. The lowest BCUT2D eigenvalue weighted by atomic mass is 10.1. The molecular formula is C21H23FN2O4S. The Morgan fingerprint density at radius 3 is 2.52 bits per heavy atom. The molecule has 1 saturated heterocycles. The van der Waals surface area contributed by atoms with Gasteiger partial charge in [-0.15, -0.1) is 0 Å². The van der Waals surface area contributed by atoms with Crippen molar-refractivity contribution < 1.29 is 22.7 Å². The van der Waals surface area contributed by atoms with E-state index in [4.69, 9.17) is 0 Å². The molecule has 154 valence electrons. The van der Waals surface area contributed by atoms with Crippen molar-refractivity contribution in [1.82, 2.24) is 9.62 Å². The Morgan fingerprint density at radius 2 is 1.86 bits per heavy atom. The van der Waals surface area contributed by atoms with Gasteiger partial charge in [-0.2, -0.15) is 4.31 Å². The summed E-state index contributed by atoms with van der Waals surface area (Å²) in [7, 11) is -3.58. The molecule has 2 aromatic rings. The minimum absolute atomic E-state index is 0.190. The zero-order chi connectivity index (χ0) is 20.9. The second-order valence-electron chi connectivity index (χ2n) is 6.89. The molecule has 3 rings (SSSR count). The molecule has 0 radical (unpaired) electrons. The van der Waals surface area contributed by atoms with Gasteiger partial charge in [0.25, 0.3) is 0 Å². The second-order valence-corrected chi connectivity index (χ2v) is 8.82. The summed E-state index contributed by atoms with van der Waals surface area (Å²) in [6, 6.07) is 12.3. The molecule has 0 bridgehead atoms. The van der Waals surface area contributed by atoms with E-state index < -0.39 is 16.1 Å². The van der Waals surface area contributed by atoms with Gasteiger partial charge >= 0.3 is 0 Å². The van der Waals surface area contributed by atoms with Crippen LogP contribution < -0.4 is 5.32 Å². The first-order valence-corrected chi connectivity index (χ1v) is 10.8. The third-order valence-electron chi connectivity index (χ3n) is 4.73. The number of hydrogen-bond donors (Lipinski definition) is 2. The molecule has 1 heterocycles. The molecule has 0 aromatic heterocycles. The molecule has 1 aliphatic rings. The number of aliphatic hydroxyl groups excluding tert-OH is 1. The quantitative estimate of drug-likeness (QED) is 0.705. The summed E-state index contributed by atoms with van der Waals surface area (Å²) >= 11 is 0. The summed E-state index contributed by atoms with van der Waals surface area (Å²) in [6.07, 6.45) is 3.27. The van der Waals surface area contributed by atoms with E-state index in [2.05, 4.69) is 5.32 Å². The highest BCUT2D eigenvalue weighted by atomic mass is 32.2. The van der Waals surface area contributed by atoms with Crippen LogP contribution in [0.5, 0.6) is 0 Å². The highest BCUT2D eigenvalue weighted by Gasteiger charge is 2.28. The lowest BCUT2D eigenvalue weighted by Gasteiger charge is -2.28. The largest absolute Gasteiger partial charge is 0.393 e. The lowest BCUT2D eigenvalue weighted by molar-refractivity contribution is -0.116. The van der Waals surface area contributed by atoms with E-state index in [1.54, 1.807) is 24.3 Å². The number of aliphatic hydroxyl groups is 1. The van der Waals surface area contributed by atoms with E-state index in [0.29, 0.717) is 31.5 Å². The van der Waals surface area contributed by atoms with Gasteiger partial charge in [0.15, 0.2) is 0 Å². The molecule has 1 aliphatic heterocycles. The maximum atomic E-state index is 13.1. The Hall–Kier alpha value is -2.55. The molecule has 2 N–H and O–H groups in total. The van der Waals surface area contributed by atoms with Crippen LogP contribution in [0.15, 0.2) is 59.5 Å². The van der Waals surface area contributed by atoms with Crippen LogP contribution in [0.25, 0.3) is 6.08 Å². The van der Waals surface area contributed by atoms with Gasteiger partial charge in [-0.1, -0.05) is 24.3 Å². The summed E-state index contributed by atoms with van der Waals surface area (Å²) in [6.45, 7) is 0.848. The van der Waals surface area contributed by atoms with Gasteiger partial charge in [0.2, 0.25) is 15.9 Å². The van der Waals surface area contributed by atoms with Gasteiger partial charge in [-0.05, 0) is 54.3 Å². The zero-order valence-corrected chi connectivity index (χ0v) is 16.6. The topological polar surface area (TPSA) is 86.7 Å². The van der Waals surface area contributed by atoms with Crippen LogP contribution in [-0.4, -0.2) is 42.9 Å². The Kier molecular flexibility index (Phi) is 6.79. The molecule has 0 aliphatic carbocycles. The Morgan fingerprint density at radius 1 is 1.17 bits per heavy atom. The predicted octanol–water partition coefficient (Wildman–Crippen LogP) is 2.30. The fourth-order valence-corrected chi connectivity index (χ4v) is 4.51. The number of carbonyl (C=O) groups excluding carboxylic acids is 1. The summed E-state index contributed by atoms with van der Waals surface area (Å²) in [4.78, 5) is 12.1. The van der Waals surface area contributed by atoms with Gasteiger partial charge in [0.05, 0.1) is 11.0 Å². The molecule has 1 fully saturated rings. The van der Waals surface area contributed by atoms with Crippen molar-refractivity contribution in [2.75, 3.05) is 13.1 Å². The third-order valence-corrected chi connectivity index (χ3v) is 6.64. The number of sulfonamides is 1. The number of piperidine rings is 1. The molecule has 0 atom stereocenters. The van der Waals surface area contributed by atoms with E-state index in [1.807, 2.05) is 0 Å². The van der Waals surface area contributed by atoms with Crippen molar-refractivity contribution >= 4 is 22.0 Å². The normalized spacial score (nSPS) is 16.2. The van der Waals surface area contributed by atoms with Crippen molar-refractivity contribution in [3.63, 3.8) is 0 Å². The lowest BCUT2D eigenvalue weighted by Crippen LogP contribution is -2.39. The van der Waals surface area contributed by atoms with Crippen LogP contribution in [0.3, 0.4) is 0 Å². The van der Waals surface area contributed by atoms with Crippen molar-refractivity contribution in [3.05, 3.63) is 71.6 Å². The average molecular weight is 418 g/mol. The molecule has 6 nitrogen and oxygen atoms in total. The number of carbonyl (C=O) groups is 1. The van der Waals surface area contributed by atoms with Crippen LogP contribution >= 0.6 is 0 Å². The molecule has 8 heteroatoms. The van der Waals surface area contributed by atoms with Crippen molar-refractivity contribution in [2.45, 2.75) is 30.4 Å². The van der Waals surface area contributed by atoms with Crippen molar-refractivity contribution in [3.8, 4) is 0 Å². The van der Waals surface area contributed by atoms with Gasteiger partial charge in [-0.3, -0.25) is 4.79 Å². The molecular weight excluding hydrogens is 395 g/mol. The van der Waals surface area contributed by atoms with E-state index in [-0.39, 0.29) is 23.2 Å². The third kappa shape index (κ3) is 5.72. The molecule has 1 amide bonds. The summed E-state index contributed by atoms with van der Waals surface area (Å²) in [5, 5.41) is 12.2. The number of nitrogens with zero attached hydrogens (tertiary/aromatic N) is 1. The molecule has 0 spiro atoms. The fraction of sp³-hybridized carbons (Fsp3) is 0.286. The molecule has 2 aromatic carbocycles. The van der Waals surface area contributed by atoms with Crippen LogP contribution in [0.1, 0.15) is 24.0 Å². The van der Waals surface area contributed by atoms with Crippen LogP contribution in [-0.2, 0) is 21.4 Å². The maximum Gasteiger partial charge on any atom is 0.244 e. The fourth-order valence-electron chi connectivity index (χ4n) is 3.04.